The van der Waals surface area contributed by atoms with Crippen molar-refractivity contribution in [2.75, 3.05) is 36.9 Å². The van der Waals surface area contributed by atoms with Gasteiger partial charge in [-0.3, -0.25) is 0 Å². The van der Waals surface area contributed by atoms with Gasteiger partial charge in [0.2, 0.25) is 0 Å². The van der Waals surface area contributed by atoms with Gasteiger partial charge in [-0.2, -0.15) is 0 Å². The lowest BCUT2D eigenvalue weighted by atomic mass is 10.4. The predicted octanol–water partition coefficient (Wildman–Crippen LogP) is -0.304. The van der Waals surface area contributed by atoms with E-state index in [-0.39, 0.29) is 0 Å². The average Bonchev–Trinajstić information content (AvgIpc) is 2.20. The maximum absolute atomic E-state index is 5.72. The number of nitrogen functional groups attached to an aromatic ring is 1. The molecule has 5 nitrogen and oxygen atoms in total. The summed E-state index contributed by atoms with van der Waals surface area (Å²) in [6, 6.07) is 0. The molecule has 0 unspecified atom stereocenters. The van der Waals surface area contributed by atoms with E-state index in [0.29, 0.717) is 5.69 Å². The van der Waals surface area contributed by atoms with Crippen LogP contribution in [0.1, 0.15) is 0 Å². The van der Waals surface area contributed by atoms with Crippen molar-refractivity contribution >= 4 is 11.5 Å². The van der Waals surface area contributed by atoms with E-state index in [1.807, 2.05) is 0 Å². The normalized spacial score (nSPS) is 17.4. The molecule has 1 aliphatic heterocycles. The third-order valence-corrected chi connectivity index (χ3v) is 1.99. The van der Waals surface area contributed by atoms with Crippen molar-refractivity contribution in [3.05, 3.63) is 12.5 Å². The van der Waals surface area contributed by atoms with Crippen LogP contribution in [0.3, 0.4) is 0 Å². The van der Waals surface area contributed by atoms with Gasteiger partial charge in [-0.1, -0.05) is 0 Å². The van der Waals surface area contributed by atoms with Gasteiger partial charge >= 0.3 is 0 Å². The van der Waals surface area contributed by atoms with E-state index in [9.17, 15) is 0 Å². The molecular formula is C8H11N4O. The Kier molecular flexibility index (Phi) is 2.27. The minimum absolute atomic E-state index is 0.598. The van der Waals surface area contributed by atoms with Crippen LogP contribution in [-0.4, -0.2) is 36.3 Å². The molecule has 0 amide bonds. The van der Waals surface area contributed by atoms with Crippen LogP contribution in [0, 0.1) is 6.33 Å². The Bertz CT molecular complexity index is 285. The number of morpholine rings is 1. The van der Waals surface area contributed by atoms with Gasteiger partial charge in [0.25, 0.3) is 0 Å². The van der Waals surface area contributed by atoms with E-state index in [0.717, 1.165) is 32.1 Å². The standard InChI is InChI=1S/C8H11N4O/c9-7-5-10-6-11-8(7)12-1-3-13-4-2-12/h5H,1-4,9H2. The summed E-state index contributed by atoms with van der Waals surface area (Å²) < 4.78 is 5.22. The van der Waals surface area contributed by atoms with Gasteiger partial charge < -0.3 is 15.4 Å². The molecule has 0 aromatic carbocycles. The molecule has 0 spiro atoms. The summed E-state index contributed by atoms with van der Waals surface area (Å²) in [5.41, 5.74) is 6.32. The number of nitrogens with zero attached hydrogens (tertiary/aromatic N) is 3. The molecule has 1 aromatic heterocycles. The zero-order valence-electron chi connectivity index (χ0n) is 7.23. The maximum atomic E-state index is 5.72. The van der Waals surface area contributed by atoms with E-state index in [1.54, 1.807) is 6.20 Å². The highest BCUT2D eigenvalue weighted by Gasteiger charge is 2.14. The molecule has 1 saturated heterocycles. The van der Waals surface area contributed by atoms with E-state index >= 15 is 0 Å². The van der Waals surface area contributed by atoms with Crippen LogP contribution in [0.15, 0.2) is 6.20 Å². The van der Waals surface area contributed by atoms with Gasteiger partial charge in [0.1, 0.15) is 0 Å². The van der Waals surface area contributed by atoms with Crippen LogP contribution >= 0.6 is 0 Å². The first-order valence-corrected chi connectivity index (χ1v) is 4.19. The quantitative estimate of drug-likeness (QED) is 0.641. The van der Waals surface area contributed by atoms with Crippen molar-refractivity contribution in [3.63, 3.8) is 0 Å². The fourth-order valence-electron chi connectivity index (χ4n) is 1.33. The first kappa shape index (κ1) is 8.25. The summed E-state index contributed by atoms with van der Waals surface area (Å²) >= 11 is 0. The molecule has 69 valence electrons. The summed E-state index contributed by atoms with van der Waals surface area (Å²) in [6.45, 7) is 3.11. The minimum atomic E-state index is 0.598. The van der Waals surface area contributed by atoms with Crippen LogP contribution in [0.5, 0.6) is 0 Å². The summed E-state index contributed by atoms with van der Waals surface area (Å²) in [5.74, 6) is 0.762. The maximum Gasteiger partial charge on any atom is 0.199 e. The molecule has 0 bridgehead atoms. The van der Waals surface area contributed by atoms with Crippen molar-refractivity contribution in [2.24, 2.45) is 0 Å². The van der Waals surface area contributed by atoms with Gasteiger partial charge in [-0.05, 0) is 0 Å². The largest absolute Gasteiger partial charge is 0.394 e. The van der Waals surface area contributed by atoms with Gasteiger partial charge in [0.05, 0.1) is 25.1 Å². The number of aromatic nitrogens is 2. The Morgan fingerprint density at radius 3 is 2.92 bits per heavy atom. The highest BCUT2D eigenvalue weighted by Crippen LogP contribution is 2.18. The Morgan fingerprint density at radius 1 is 1.46 bits per heavy atom. The van der Waals surface area contributed by atoms with Crippen LogP contribution in [0.2, 0.25) is 0 Å². The van der Waals surface area contributed by atoms with Gasteiger partial charge in [-0.15, -0.1) is 0 Å². The zero-order valence-corrected chi connectivity index (χ0v) is 7.23. The molecule has 0 saturated carbocycles. The molecule has 5 heteroatoms. The molecule has 2 heterocycles. The average molecular weight is 179 g/mol. The number of nitrogens with two attached hydrogens (primary N) is 1. The van der Waals surface area contributed by atoms with Crippen molar-refractivity contribution in [1.29, 1.82) is 0 Å². The van der Waals surface area contributed by atoms with Gasteiger partial charge in [-0.25, -0.2) is 9.97 Å². The lowest BCUT2D eigenvalue weighted by Gasteiger charge is -2.28. The summed E-state index contributed by atoms with van der Waals surface area (Å²) in [7, 11) is 0. The van der Waals surface area contributed by atoms with Crippen molar-refractivity contribution in [2.45, 2.75) is 0 Å². The van der Waals surface area contributed by atoms with Crippen molar-refractivity contribution in [1.82, 2.24) is 9.97 Å². The Labute approximate surface area is 76.5 Å². The number of hydrogen-bond donors (Lipinski definition) is 1. The molecule has 1 radical (unpaired) electrons. The Hall–Kier alpha value is -1.36. The van der Waals surface area contributed by atoms with E-state index < -0.39 is 0 Å². The van der Waals surface area contributed by atoms with Crippen molar-refractivity contribution < 1.29 is 4.74 Å². The molecular weight excluding hydrogens is 168 g/mol. The molecule has 0 atom stereocenters. The smallest absolute Gasteiger partial charge is 0.199 e. The number of anilines is 2. The fraction of sp³-hybridized carbons (Fsp3) is 0.500. The second kappa shape index (κ2) is 3.57. The zero-order chi connectivity index (χ0) is 9.10. The SMILES string of the molecule is Nc1cn[c]nc1N1CCOCC1. The predicted molar refractivity (Wildman–Crippen MR) is 48.3 cm³/mol. The van der Waals surface area contributed by atoms with Crippen LogP contribution in [0.4, 0.5) is 11.5 Å². The second-order valence-electron chi connectivity index (χ2n) is 2.85. The van der Waals surface area contributed by atoms with Gasteiger partial charge in [0, 0.05) is 13.1 Å². The van der Waals surface area contributed by atoms with Crippen LogP contribution < -0.4 is 10.6 Å². The Morgan fingerprint density at radius 2 is 2.23 bits per heavy atom. The molecule has 0 aliphatic carbocycles. The molecule has 1 aromatic rings. The fourth-order valence-corrected chi connectivity index (χ4v) is 1.33. The van der Waals surface area contributed by atoms with Crippen LogP contribution in [-0.2, 0) is 4.74 Å². The second-order valence-corrected chi connectivity index (χ2v) is 2.85. The minimum Gasteiger partial charge on any atom is -0.394 e. The number of ether oxygens (including phenoxy) is 1. The molecule has 1 aliphatic rings. The third kappa shape index (κ3) is 1.70. The van der Waals surface area contributed by atoms with E-state index in [2.05, 4.69) is 21.2 Å². The molecule has 13 heavy (non-hydrogen) atoms. The summed E-state index contributed by atoms with van der Waals surface area (Å²) in [4.78, 5) is 9.81. The molecule has 2 rings (SSSR count). The number of rotatable bonds is 1. The lowest BCUT2D eigenvalue weighted by molar-refractivity contribution is 0.122. The third-order valence-electron chi connectivity index (χ3n) is 1.99. The first-order valence-electron chi connectivity index (χ1n) is 4.19. The van der Waals surface area contributed by atoms with Crippen molar-refractivity contribution in [3.8, 4) is 0 Å². The summed E-state index contributed by atoms with van der Waals surface area (Å²) in [5, 5.41) is 0. The molecule has 1 fully saturated rings. The first-order chi connectivity index (χ1) is 6.38. The number of hydrogen-bond acceptors (Lipinski definition) is 5. The Balaban J connectivity index is 2.18. The highest BCUT2D eigenvalue weighted by molar-refractivity contribution is 5.60. The monoisotopic (exact) mass is 179 g/mol. The topological polar surface area (TPSA) is 64.3 Å². The summed E-state index contributed by atoms with van der Waals surface area (Å²) in [6.07, 6.45) is 4.10. The van der Waals surface area contributed by atoms with E-state index in [1.165, 1.54) is 0 Å². The highest BCUT2D eigenvalue weighted by atomic mass is 16.5. The lowest BCUT2D eigenvalue weighted by Crippen LogP contribution is -2.37. The molecule has 2 N–H and O–H groups in total. The van der Waals surface area contributed by atoms with Gasteiger partial charge in [0.15, 0.2) is 12.1 Å². The van der Waals surface area contributed by atoms with Crippen LogP contribution in [0.25, 0.3) is 0 Å². The van der Waals surface area contributed by atoms with E-state index in [4.69, 9.17) is 10.5 Å².